The maximum absolute atomic E-state index is 4.52. The predicted molar refractivity (Wildman–Crippen MR) is 63.9 cm³/mol. The van der Waals surface area contributed by atoms with Crippen LogP contribution in [-0.4, -0.2) is 23.5 Å². The standard InChI is InChI=1S/C11H20N2S/c1-2-10-8-13-11(14-10)12-7-9-5-3-4-6-9/h9-10H,2-8H2,1H3,(H,12,13). The van der Waals surface area contributed by atoms with Gasteiger partial charge in [0.05, 0.1) is 6.54 Å². The van der Waals surface area contributed by atoms with Gasteiger partial charge < -0.3 is 5.32 Å². The Morgan fingerprint density at radius 1 is 1.43 bits per heavy atom. The van der Waals surface area contributed by atoms with E-state index in [4.69, 9.17) is 0 Å². The second-order valence-electron chi connectivity index (χ2n) is 4.33. The number of hydrogen-bond acceptors (Lipinski definition) is 3. The van der Waals surface area contributed by atoms with E-state index in [0.717, 1.165) is 24.3 Å². The highest BCUT2D eigenvalue weighted by molar-refractivity contribution is 8.14. The summed E-state index contributed by atoms with van der Waals surface area (Å²) in [7, 11) is 0. The lowest BCUT2D eigenvalue weighted by Gasteiger charge is -2.11. The number of hydrogen-bond donors (Lipinski definition) is 1. The van der Waals surface area contributed by atoms with E-state index in [2.05, 4.69) is 17.2 Å². The van der Waals surface area contributed by atoms with Crippen LogP contribution in [0.15, 0.2) is 4.99 Å². The number of aliphatic imine (C=N–C) groups is 1. The van der Waals surface area contributed by atoms with Crippen LogP contribution >= 0.6 is 11.8 Å². The maximum atomic E-state index is 4.52. The van der Waals surface area contributed by atoms with Gasteiger partial charge in [-0.25, -0.2) is 0 Å². The van der Waals surface area contributed by atoms with Crippen molar-refractivity contribution in [1.82, 2.24) is 5.32 Å². The zero-order valence-corrected chi connectivity index (χ0v) is 9.78. The fourth-order valence-corrected chi connectivity index (χ4v) is 3.12. The van der Waals surface area contributed by atoms with Crippen molar-refractivity contribution >= 4 is 16.9 Å². The predicted octanol–water partition coefficient (Wildman–Crippen LogP) is 2.65. The molecule has 0 radical (unpaired) electrons. The van der Waals surface area contributed by atoms with Crippen molar-refractivity contribution in [3.05, 3.63) is 0 Å². The van der Waals surface area contributed by atoms with Gasteiger partial charge in [-0.3, -0.25) is 4.99 Å². The molecule has 2 rings (SSSR count). The number of nitrogens with zero attached hydrogens (tertiary/aromatic N) is 1. The molecule has 14 heavy (non-hydrogen) atoms. The van der Waals surface area contributed by atoms with Crippen LogP contribution in [-0.2, 0) is 0 Å². The smallest absolute Gasteiger partial charge is 0.156 e. The monoisotopic (exact) mass is 212 g/mol. The lowest BCUT2D eigenvalue weighted by Crippen LogP contribution is -2.25. The van der Waals surface area contributed by atoms with Crippen molar-refractivity contribution in [2.45, 2.75) is 44.3 Å². The molecule has 1 heterocycles. The Hall–Kier alpha value is -0.180. The Kier molecular flexibility index (Phi) is 3.74. The van der Waals surface area contributed by atoms with Crippen molar-refractivity contribution in [2.75, 3.05) is 13.1 Å². The molecule has 0 aromatic rings. The summed E-state index contributed by atoms with van der Waals surface area (Å²) < 4.78 is 0. The van der Waals surface area contributed by atoms with Gasteiger partial charge in [0, 0.05) is 11.8 Å². The molecule has 1 fully saturated rings. The van der Waals surface area contributed by atoms with Gasteiger partial charge in [0.1, 0.15) is 0 Å². The second kappa shape index (κ2) is 5.06. The quantitative estimate of drug-likeness (QED) is 0.778. The molecule has 1 N–H and O–H groups in total. The number of rotatable bonds is 3. The van der Waals surface area contributed by atoms with Crippen molar-refractivity contribution in [3.63, 3.8) is 0 Å². The van der Waals surface area contributed by atoms with Gasteiger partial charge in [-0.1, -0.05) is 31.5 Å². The summed E-state index contributed by atoms with van der Waals surface area (Å²) >= 11 is 1.93. The molecule has 1 atom stereocenters. The van der Waals surface area contributed by atoms with Crippen molar-refractivity contribution in [2.24, 2.45) is 10.9 Å². The molecule has 0 bridgehead atoms. The van der Waals surface area contributed by atoms with Crippen LogP contribution in [0.25, 0.3) is 0 Å². The van der Waals surface area contributed by atoms with Crippen LogP contribution in [0.4, 0.5) is 0 Å². The van der Waals surface area contributed by atoms with E-state index in [1.165, 1.54) is 37.3 Å². The minimum atomic E-state index is 0.737. The Bertz CT molecular complexity index is 209. The Labute approximate surface area is 90.9 Å². The number of nitrogens with one attached hydrogen (secondary N) is 1. The molecule has 1 saturated carbocycles. The molecule has 0 aromatic heterocycles. The van der Waals surface area contributed by atoms with Crippen LogP contribution in [0.1, 0.15) is 39.0 Å². The Morgan fingerprint density at radius 3 is 2.86 bits per heavy atom. The summed E-state index contributed by atoms with van der Waals surface area (Å²) in [5.41, 5.74) is 0. The Balaban J connectivity index is 1.66. The minimum absolute atomic E-state index is 0.737. The van der Waals surface area contributed by atoms with E-state index in [-0.39, 0.29) is 0 Å². The fourth-order valence-electron chi connectivity index (χ4n) is 2.17. The van der Waals surface area contributed by atoms with E-state index in [1.807, 2.05) is 11.8 Å². The summed E-state index contributed by atoms with van der Waals surface area (Å²) in [6.07, 6.45) is 6.94. The van der Waals surface area contributed by atoms with E-state index in [9.17, 15) is 0 Å². The molecule has 0 aromatic carbocycles. The van der Waals surface area contributed by atoms with Gasteiger partial charge in [0.2, 0.25) is 0 Å². The third-order valence-electron chi connectivity index (χ3n) is 3.19. The molecule has 1 aliphatic heterocycles. The van der Waals surface area contributed by atoms with E-state index in [0.29, 0.717) is 0 Å². The van der Waals surface area contributed by atoms with Crippen molar-refractivity contribution < 1.29 is 0 Å². The highest BCUT2D eigenvalue weighted by atomic mass is 32.2. The number of amidine groups is 1. The molecule has 3 heteroatoms. The molecule has 1 unspecified atom stereocenters. The van der Waals surface area contributed by atoms with Crippen LogP contribution in [0.2, 0.25) is 0 Å². The van der Waals surface area contributed by atoms with E-state index in [1.54, 1.807) is 0 Å². The van der Waals surface area contributed by atoms with Crippen LogP contribution in [0.5, 0.6) is 0 Å². The largest absolute Gasteiger partial charge is 0.365 e. The lowest BCUT2D eigenvalue weighted by molar-refractivity contribution is 0.537. The first-order chi connectivity index (χ1) is 6.88. The molecule has 0 spiro atoms. The van der Waals surface area contributed by atoms with Crippen LogP contribution < -0.4 is 5.32 Å². The molecule has 1 aliphatic carbocycles. The Morgan fingerprint density at radius 2 is 2.21 bits per heavy atom. The summed E-state index contributed by atoms with van der Waals surface area (Å²) in [6.45, 7) is 4.42. The van der Waals surface area contributed by atoms with Gasteiger partial charge in [0.15, 0.2) is 5.17 Å². The zero-order valence-electron chi connectivity index (χ0n) is 8.96. The van der Waals surface area contributed by atoms with Gasteiger partial charge in [0.25, 0.3) is 0 Å². The number of thioether (sulfide) groups is 1. The molecule has 2 aliphatic rings. The van der Waals surface area contributed by atoms with Crippen molar-refractivity contribution in [3.8, 4) is 0 Å². The van der Waals surface area contributed by atoms with Gasteiger partial charge >= 0.3 is 0 Å². The van der Waals surface area contributed by atoms with Crippen LogP contribution in [0, 0.1) is 5.92 Å². The third kappa shape index (κ3) is 2.66. The highest BCUT2D eigenvalue weighted by Crippen LogP contribution is 2.25. The molecular weight excluding hydrogens is 192 g/mol. The van der Waals surface area contributed by atoms with Crippen LogP contribution in [0.3, 0.4) is 0 Å². The van der Waals surface area contributed by atoms with E-state index < -0.39 is 0 Å². The molecule has 0 amide bonds. The molecular formula is C11H20N2S. The first-order valence-corrected chi connectivity index (χ1v) is 6.71. The maximum Gasteiger partial charge on any atom is 0.156 e. The second-order valence-corrected chi connectivity index (χ2v) is 5.61. The first kappa shape index (κ1) is 10.3. The summed E-state index contributed by atoms with van der Waals surface area (Å²) in [4.78, 5) is 4.52. The summed E-state index contributed by atoms with van der Waals surface area (Å²) in [5, 5.41) is 5.44. The fraction of sp³-hybridized carbons (Fsp3) is 0.909. The summed E-state index contributed by atoms with van der Waals surface area (Å²) in [5.74, 6) is 0.916. The average Bonchev–Trinajstić information content (AvgIpc) is 2.86. The summed E-state index contributed by atoms with van der Waals surface area (Å²) in [6, 6.07) is 0. The molecule has 0 saturated heterocycles. The molecule has 80 valence electrons. The normalized spacial score (nSPS) is 28.1. The highest BCUT2D eigenvalue weighted by Gasteiger charge is 2.19. The van der Waals surface area contributed by atoms with Gasteiger partial charge in [-0.05, 0) is 25.2 Å². The van der Waals surface area contributed by atoms with Crippen molar-refractivity contribution in [1.29, 1.82) is 0 Å². The SMILES string of the molecule is CCC1CN=C(NCC2CCCC2)S1. The molecule has 2 nitrogen and oxygen atoms in total. The van der Waals surface area contributed by atoms with E-state index >= 15 is 0 Å². The zero-order chi connectivity index (χ0) is 9.80. The van der Waals surface area contributed by atoms with Gasteiger partial charge in [-0.15, -0.1) is 0 Å². The average molecular weight is 212 g/mol. The topological polar surface area (TPSA) is 24.4 Å². The van der Waals surface area contributed by atoms with Gasteiger partial charge in [-0.2, -0.15) is 0 Å². The third-order valence-corrected chi connectivity index (χ3v) is 4.50. The minimum Gasteiger partial charge on any atom is -0.365 e. The lowest BCUT2D eigenvalue weighted by atomic mass is 10.1. The first-order valence-electron chi connectivity index (χ1n) is 5.83.